The molecule has 0 aliphatic heterocycles. The van der Waals surface area contributed by atoms with Crippen molar-refractivity contribution in [2.75, 3.05) is 17.2 Å². The van der Waals surface area contributed by atoms with Gasteiger partial charge in [-0.1, -0.05) is 47.5 Å². The molecule has 2 aromatic rings. The van der Waals surface area contributed by atoms with Gasteiger partial charge in [0.05, 0.1) is 10.0 Å². The lowest BCUT2D eigenvalue weighted by atomic mass is 10.1. The number of fused-ring (bicyclic) bond motifs is 1. The molecule has 0 fully saturated rings. The van der Waals surface area contributed by atoms with Crippen molar-refractivity contribution in [1.29, 1.82) is 0 Å². The molecule has 110 valence electrons. The lowest BCUT2D eigenvalue weighted by molar-refractivity contribution is 0.769. The Labute approximate surface area is 134 Å². The van der Waals surface area contributed by atoms with Gasteiger partial charge >= 0.3 is 0 Å². The highest BCUT2D eigenvalue weighted by Gasteiger charge is 2.22. The lowest BCUT2D eigenvalue weighted by Gasteiger charge is -2.16. The van der Waals surface area contributed by atoms with E-state index in [2.05, 4.69) is 39.9 Å². The van der Waals surface area contributed by atoms with Crippen LogP contribution in [-0.2, 0) is 12.8 Å². The van der Waals surface area contributed by atoms with Crippen LogP contribution in [0.2, 0.25) is 10.0 Å². The normalized spacial score (nSPS) is 14.0. The van der Waals surface area contributed by atoms with E-state index < -0.39 is 0 Å². The quantitative estimate of drug-likeness (QED) is 0.876. The molecule has 0 atom stereocenters. The minimum atomic E-state index is 0.322. The number of pyridine rings is 1. The van der Waals surface area contributed by atoms with E-state index in [0.29, 0.717) is 27.7 Å². The van der Waals surface area contributed by atoms with Crippen LogP contribution in [-0.4, -0.2) is 17.6 Å². The van der Waals surface area contributed by atoms with Crippen LogP contribution >= 0.6 is 23.2 Å². The van der Waals surface area contributed by atoms with Gasteiger partial charge in [0.25, 0.3) is 0 Å². The third-order valence-electron chi connectivity index (χ3n) is 3.67. The third-order valence-corrected chi connectivity index (χ3v) is 4.24. The van der Waals surface area contributed by atoms with E-state index >= 15 is 0 Å². The van der Waals surface area contributed by atoms with E-state index in [4.69, 9.17) is 23.2 Å². The summed E-state index contributed by atoms with van der Waals surface area (Å²) in [6.07, 6.45) is 1.99. The number of aromatic nitrogens is 1. The molecular weight excluding hydrogens is 305 g/mol. The van der Waals surface area contributed by atoms with Gasteiger partial charge in [-0.15, -0.1) is 0 Å². The Morgan fingerprint density at radius 3 is 2.33 bits per heavy atom. The van der Waals surface area contributed by atoms with Crippen molar-refractivity contribution in [2.24, 2.45) is 0 Å². The Morgan fingerprint density at radius 2 is 1.71 bits per heavy atom. The highest BCUT2D eigenvalue weighted by atomic mass is 35.5. The maximum atomic E-state index is 6.25. The van der Waals surface area contributed by atoms with Gasteiger partial charge in [0.2, 0.25) is 0 Å². The first-order valence-corrected chi connectivity index (χ1v) is 7.86. The van der Waals surface area contributed by atoms with Crippen molar-refractivity contribution >= 4 is 34.8 Å². The molecule has 1 aliphatic carbocycles. The van der Waals surface area contributed by atoms with Gasteiger partial charge < -0.3 is 10.6 Å². The van der Waals surface area contributed by atoms with Gasteiger partial charge in [-0.25, -0.2) is 4.98 Å². The second kappa shape index (κ2) is 6.12. The maximum absolute atomic E-state index is 6.25. The topological polar surface area (TPSA) is 37.0 Å². The zero-order chi connectivity index (χ0) is 14.8. The molecule has 0 saturated heterocycles. The van der Waals surface area contributed by atoms with E-state index in [1.807, 2.05) is 6.92 Å². The Balaban J connectivity index is 1.78. The highest BCUT2D eigenvalue weighted by molar-refractivity contribution is 6.37. The molecule has 0 amide bonds. The van der Waals surface area contributed by atoms with Crippen LogP contribution in [0.5, 0.6) is 0 Å². The molecule has 2 N–H and O–H groups in total. The molecule has 1 aromatic heterocycles. The number of nitrogens with one attached hydrogen (secondary N) is 2. The lowest BCUT2D eigenvalue weighted by Crippen LogP contribution is -2.20. The molecule has 3 rings (SSSR count). The maximum Gasteiger partial charge on any atom is 0.147 e. The van der Waals surface area contributed by atoms with E-state index in [0.717, 1.165) is 19.4 Å². The van der Waals surface area contributed by atoms with E-state index in [-0.39, 0.29) is 0 Å². The first kappa shape index (κ1) is 14.5. The van der Waals surface area contributed by atoms with Crippen LogP contribution in [0.25, 0.3) is 0 Å². The van der Waals surface area contributed by atoms with Crippen LogP contribution in [0.1, 0.15) is 18.1 Å². The fraction of sp³-hybridized carbons (Fsp3) is 0.312. The van der Waals surface area contributed by atoms with Crippen LogP contribution in [0.4, 0.5) is 11.6 Å². The molecule has 0 unspecified atom stereocenters. The molecule has 0 bridgehead atoms. The summed E-state index contributed by atoms with van der Waals surface area (Å²) in [6, 6.07) is 10.6. The minimum Gasteiger partial charge on any atom is -0.369 e. The molecule has 0 saturated carbocycles. The van der Waals surface area contributed by atoms with Gasteiger partial charge in [0.1, 0.15) is 11.6 Å². The number of nitrogens with zero attached hydrogens (tertiary/aromatic N) is 1. The summed E-state index contributed by atoms with van der Waals surface area (Å²) in [5.74, 6) is 1.36. The van der Waals surface area contributed by atoms with Crippen LogP contribution in [0, 0.1) is 0 Å². The van der Waals surface area contributed by atoms with Gasteiger partial charge in [0.15, 0.2) is 0 Å². The number of hydrogen-bond acceptors (Lipinski definition) is 3. The molecule has 1 heterocycles. The van der Waals surface area contributed by atoms with Gasteiger partial charge in [0, 0.05) is 12.6 Å². The second-order valence-corrected chi connectivity index (χ2v) is 6.01. The molecular formula is C16H17Cl2N3. The fourth-order valence-corrected chi connectivity index (χ4v) is 3.19. The predicted molar refractivity (Wildman–Crippen MR) is 89.7 cm³/mol. The largest absolute Gasteiger partial charge is 0.369 e. The summed E-state index contributed by atoms with van der Waals surface area (Å²) in [5.41, 5.74) is 2.79. The molecule has 0 radical (unpaired) electrons. The van der Waals surface area contributed by atoms with Gasteiger partial charge in [-0.2, -0.15) is 0 Å². The Hall–Kier alpha value is -1.45. The SMILES string of the molecule is CCNc1nc(NC2Cc3ccccc3C2)c(Cl)cc1Cl. The van der Waals surface area contributed by atoms with Crippen LogP contribution < -0.4 is 10.6 Å². The number of hydrogen-bond donors (Lipinski definition) is 2. The van der Waals surface area contributed by atoms with E-state index in [1.54, 1.807) is 6.07 Å². The molecule has 5 heteroatoms. The van der Waals surface area contributed by atoms with Crippen LogP contribution in [0.15, 0.2) is 30.3 Å². The van der Waals surface area contributed by atoms with Gasteiger partial charge in [-0.3, -0.25) is 0 Å². The monoisotopic (exact) mass is 321 g/mol. The number of rotatable bonds is 4. The van der Waals surface area contributed by atoms with Crippen molar-refractivity contribution in [3.05, 3.63) is 51.5 Å². The zero-order valence-electron chi connectivity index (χ0n) is 11.8. The van der Waals surface area contributed by atoms with E-state index in [1.165, 1.54) is 11.1 Å². The molecule has 3 nitrogen and oxygen atoms in total. The minimum absolute atomic E-state index is 0.322. The average Bonchev–Trinajstić information content (AvgIpc) is 2.86. The van der Waals surface area contributed by atoms with Crippen LogP contribution in [0.3, 0.4) is 0 Å². The summed E-state index contributed by atoms with van der Waals surface area (Å²) in [4.78, 5) is 4.50. The van der Waals surface area contributed by atoms with Crippen molar-refractivity contribution in [3.63, 3.8) is 0 Å². The number of halogens is 2. The van der Waals surface area contributed by atoms with E-state index in [9.17, 15) is 0 Å². The Kier molecular flexibility index (Phi) is 4.22. The fourth-order valence-electron chi connectivity index (χ4n) is 2.71. The Morgan fingerprint density at radius 1 is 1.10 bits per heavy atom. The molecule has 21 heavy (non-hydrogen) atoms. The van der Waals surface area contributed by atoms with Crippen molar-refractivity contribution in [2.45, 2.75) is 25.8 Å². The summed E-state index contributed by atoms with van der Waals surface area (Å²) >= 11 is 12.4. The van der Waals surface area contributed by atoms with Crippen molar-refractivity contribution < 1.29 is 0 Å². The van der Waals surface area contributed by atoms with Crippen molar-refractivity contribution in [1.82, 2.24) is 4.98 Å². The first-order valence-electron chi connectivity index (χ1n) is 7.10. The third kappa shape index (κ3) is 3.09. The predicted octanol–water partition coefficient (Wildman–Crippen LogP) is 4.40. The summed E-state index contributed by atoms with van der Waals surface area (Å²) in [6.45, 7) is 2.77. The molecule has 0 spiro atoms. The second-order valence-electron chi connectivity index (χ2n) is 5.20. The Bertz CT molecular complexity index is 633. The van der Waals surface area contributed by atoms with Crippen molar-refractivity contribution in [3.8, 4) is 0 Å². The summed E-state index contributed by atoms with van der Waals surface area (Å²) in [7, 11) is 0. The molecule has 1 aromatic carbocycles. The van der Waals surface area contributed by atoms with Gasteiger partial charge in [-0.05, 0) is 37.0 Å². The smallest absolute Gasteiger partial charge is 0.147 e. The standard InChI is InChI=1S/C16H17Cl2N3/c1-2-19-15-13(17)9-14(18)16(21-15)20-12-7-10-5-3-4-6-11(10)8-12/h3-6,9,12H,2,7-8H2,1H3,(H2,19,20,21). The highest BCUT2D eigenvalue weighted by Crippen LogP contribution is 2.31. The molecule has 1 aliphatic rings. The number of anilines is 2. The summed E-state index contributed by atoms with van der Waals surface area (Å²) < 4.78 is 0. The first-order chi connectivity index (χ1) is 10.2. The number of benzene rings is 1. The summed E-state index contributed by atoms with van der Waals surface area (Å²) in [5, 5.41) is 7.68. The zero-order valence-corrected chi connectivity index (χ0v) is 13.3. The average molecular weight is 322 g/mol.